The minimum atomic E-state index is -0.963. The molecule has 0 spiro atoms. The van der Waals surface area contributed by atoms with E-state index in [0.29, 0.717) is 16.4 Å². The number of carbonyl (C=O) groups is 2. The molecule has 22 heavy (non-hydrogen) atoms. The molecule has 0 atom stereocenters. The predicted octanol–water partition coefficient (Wildman–Crippen LogP) is 1.89. The third kappa shape index (κ3) is 6.06. The van der Waals surface area contributed by atoms with E-state index in [-0.39, 0.29) is 17.4 Å². The molecule has 1 amide bonds. The van der Waals surface area contributed by atoms with Crippen LogP contribution in [0.3, 0.4) is 0 Å². The largest absolute Gasteiger partial charge is 0.481 e. The van der Waals surface area contributed by atoms with Crippen molar-refractivity contribution in [2.45, 2.75) is 0 Å². The van der Waals surface area contributed by atoms with Crippen molar-refractivity contribution in [3.05, 3.63) is 35.9 Å². The molecule has 0 aromatic heterocycles. The van der Waals surface area contributed by atoms with Crippen molar-refractivity contribution in [2.24, 2.45) is 16.3 Å². The number of carboxylic acids is 1. The Hall–Kier alpha value is -2.20. The van der Waals surface area contributed by atoms with Gasteiger partial charge < -0.3 is 16.3 Å². The molecule has 1 rings (SSSR count). The van der Waals surface area contributed by atoms with Crippen LogP contribution >= 0.6 is 24.4 Å². The monoisotopic (exact) mass is 341 g/mol. The predicted molar refractivity (Wildman–Crippen MR) is 89.7 cm³/mol. The fourth-order valence-corrected chi connectivity index (χ4v) is 2.14. The highest BCUT2D eigenvalue weighted by Gasteiger charge is 2.09. The van der Waals surface area contributed by atoms with Gasteiger partial charge in [-0.15, -0.1) is 24.4 Å². The first-order chi connectivity index (χ1) is 10.4. The van der Waals surface area contributed by atoms with E-state index in [1.807, 2.05) is 0 Å². The van der Waals surface area contributed by atoms with Crippen LogP contribution in [-0.2, 0) is 9.59 Å². The van der Waals surface area contributed by atoms with Gasteiger partial charge in [-0.2, -0.15) is 0 Å². The van der Waals surface area contributed by atoms with Gasteiger partial charge in [-0.3, -0.25) is 9.59 Å². The lowest BCUT2D eigenvalue weighted by Crippen LogP contribution is -2.16. The summed E-state index contributed by atoms with van der Waals surface area (Å²) in [6.07, 6.45) is 0. The molecular weight excluding hydrogens is 326 g/mol. The summed E-state index contributed by atoms with van der Waals surface area (Å²) in [5.74, 6) is 3.67. The van der Waals surface area contributed by atoms with Crippen molar-refractivity contribution in [2.75, 3.05) is 21.8 Å². The number of carboxylic acid groups (broad SMARTS) is 1. The minimum Gasteiger partial charge on any atom is -0.481 e. The summed E-state index contributed by atoms with van der Waals surface area (Å²) < 4.78 is 0. The van der Waals surface area contributed by atoms with Gasteiger partial charge in [0.15, 0.2) is 0 Å². The fourth-order valence-electron chi connectivity index (χ4n) is 1.45. The van der Waals surface area contributed by atoms with Crippen molar-refractivity contribution in [3.8, 4) is 0 Å². The number of thiol groups is 1. The van der Waals surface area contributed by atoms with Crippen molar-refractivity contribution in [1.82, 2.24) is 0 Å². The van der Waals surface area contributed by atoms with Gasteiger partial charge in [0, 0.05) is 5.69 Å². The van der Waals surface area contributed by atoms with E-state index in [4.69, 9.17) is 10.9 Å². The van der Waals surface area contributed by atoms with Gasteiger partial charge in [0.05, 0.1) is 22.2 Å². The van der Waals surface area contributed by atoms with Gasteiger partial charge in [0.1, 0.15) is 0 Å². The van der Waals surface area contributed by atoms with Crippen LogP contribution in [0.25, 0.3) is 0 Å². The van der Waals surface area contributed by atoms with Gasteiger partial charge in [0.25, 0.3) is 0 Å². The second kappa shape index (κ2) is 8.95. The molecule has 0 bridgehead atoms. The van der Waals surface area contributed by atoms with Crippen LogP contribution < -0.4 is 16.2 Å². The number of hydrogen-bond acceptors (Lipinski definition) is 6. The van der Waals surface area contributed by atoms with Crippen LogP contribution in [0.15, 0.2) is 46.3 Å². The average Bonchev–Trinajstić information content (AvgIpc) is 2.44. The first kappa shape index (κ1) is 17.9. The Balaban J connectivity index is 2.73. The van der Waals surface area contributed by atoms with Gasteiger partial charge in [-0.25, -0.2) is 5.01 Å². The third-order valence-electron chi connectivity index (χ3n) is 2.22. The Labute approximate surface area is 136 Å². The van der Waals surface area contributed by atoms with Crippen LogP contribution in [0, 0.1) is 0 Å². The average molecular weight is 341 g/mol. The molecular formula is C12H15N5O3S2. The number of carbonyl (C=O) groups excluding carboxylic acids is 1. The fraction of sp³-hybridized carbons (Fsp3) is 0.167. The lowest BCUT2D eigenvalue weighted by molar-refractivity contribution is -0.133. The maximum absolute atomic E-state index is 11.7. The first-order valence-corrected chi connectivity index (χ1v) is 7.52. The second-order valence-electron chi connectivity index (χ2n) is 3.92. The number of aliphatic carboxylic acids is 1. The Morgan fingerprint density at radius 2 is 2.18 bits per heavy atom. The summed E-state index contributed by atoms with van der Waals surface area (Å²) >= 11 is 5.10. The zero-order chi connectivity index (χ0) is 16.5. The molecule has 0 aliphatic heterocycles. The molecule has 0 radical (unpaired) electrons. The maximum Gasteiger partial charge on any atom is 0.313 e. The molecule has 0 saturated carbocycles. The molecule has 1 aromatic rings. The Morgan fingerprint density at radius 1 is 1.45 bits per heavy atom. The molecule has 0 saturated heterocycles. The van der Waals surface area contributed by atoms with E-state index < -0.39 is 5.97 Å². The van der Waals surface area contributed by atoms with Crippen molar-refractivity contribution in [1.29, 1.82) is 0 Å². The van der Waals surface area contributed by atoms with Crippen molar-refractivity contribution >= 4 is 47.6 Å². The molecule has 118 valence electrons. The number of nitrogens with two attached hydrogens (primary N) is 1. The number of rotatable bonds is 8. The van der Waals surface area contributed by atoms with E-state index in [0.717, 1.165) is 11.8 Å². The van der Waals surface area contributed by atoms with Gasteiger partial charge in [-0.05, 0) is 23.4 Å². The minimum absolute atomic E-state index is 0.0437. The summed E-state index contributed by atoms with van der Waals surface area (Å²) in [6, 6.07) is 6.73. The lowest BCUT2D eigenvalue weighted by Gasteiger charge is -2.16. The quantitative estimate of drug-likeness (QED) is 0.248. The molecule has 0 unspecified atom stereocenters. The maximum atomic E-state index is 11.7. The highest BCUT2D eigenvalue weighted by atomic mass is 32.2. The number of nitrogens with zero attached hydrogens (tertiary/aromatic N) is 3. The van der Waals surface area contributed by atoms with Crippen LogP contribution in [0.2, 0.25) is 0 Å². The van der Waals surface area contributed by atoms with E-state index in [1.54, 1.807) is 24.3 Å². The Morgan fingerprint density at radius 3 is 2.77 bits per heavy atom. The second-order valence-corrected chi connectivity index (χ2v) is 5.42. The number of amides is 1. The summed E-state index contributed by atoms with van der Waals surface area (Å²) in [5, 5.41) is 19.6. The highest BCUT2D eigenvalue weighted by molar-refractivity contribution is 8.00. The van der Waals surface area contributed by atoms with E-state index in [9.17, 15) is 9.59 Å². The molecule has 0 heterocycles. The van der Waals surface area contributed by atoms with Gasteiger partial charge in [-0.1, -0.05) is 17.9 Å². The smallest absolute Gasteiger partial charge is 0.313 e. The number of thioether (sulfide) groups is 1. The molecule has 4 N–H and O–H groups in total. The first-order valence-electron chi connectivity index (χ1n) is 5.92. The van der Waals surface area contributed by atoms with Gasteiger partial charge >= 0.3 is 5.97 Å². The molecule has 0 fully saturated rings. The lowest BCUT2D eigenvalue weighted by atomic mass is 10.2. The SMILES string of the molecule is C=C(S)N(/N=N\N)c1cccc(NC(=O)CSCC(=O)O)c1. The van der Waals surface area contributed by atoms with E-state index in [1.165, 1.54) is 5.01 Å². The van der Waals surface area contributed by atoms with Crippen molar-refractivity contribution < 1.29 is 14.7 Å². The zero-order valence-electron chi connectivity index (χ0n) is 11.5. The van der Waals surface area contributed by atoms with Crippen LogP contribution in [0.4, 0.5) is 11.4 Å². The van der Waals surface area contributed by atoms with E-state index >= 15 is 0 Å². The highest BCUT2D eigenvalue weighted by Crippen LogP contribution is 2.24. The standard InChI is InChI=1S/C12H15N5O3S2/c1-8(21)17(16-15-13)10-4-2-3-9(5-10)14-11(18)6-22-7-12(19)20/h2-5,21H,1,6-7H2,(H2,13,16)(H,14,18)(H,19,20). The van der Waals surface area contributed by atoms with Gasteiger partial charge in [0.2, 0.25) is 5.91 Å². The number of nitrogens with one attached hydrogen (secondary N) is 1. The van der Waals surface area contributed by atoms with Crippen LogP contribution in [-0.4, -0.2) is 28.5 Å². The number of benzene rings is 1. The topological polar surface area (TPSA) is 120 Å². The summed E-state index contributed by atoms with van der Waals surface area (Å²) in [5.41, 5.74) is 1.08. The zero-order valence-corrected chi connectivity index (χ0v) is 13.2. The molecule has 10 heteroatoms. The molecule has 8 nitrogen and oxygen atoms in total. The number of anilines is 2. The molecule has 0 aliphatic carbocycles. The molecule has 0 aliphatic rings. The summed E-state index contributed by atoms with van der Waals surface area (Å²) in [7, 11) is 0. The Bertz CT molecular complexity index is 594. The molecule has 1 aromatic carbocycles. The van der Waals surface area contributed by atoms with Crippen LogP contribution in [0.1, 0.15) is 0 Å². The summed E-state index contributed by atoms with van der Waals surface area (Å²) in [6.45, 7) is 3.63. The Kier molecular flexibility index (Phi) is 7.26. The third-order valence-corrected chi connectivity index (χ3v) is 3.33. The normalized spacial score (nSPS) is 10.4. The van der Waals surface area contributed by atoms with Crippen molar-refractivity contribution in [3.63, 3.8) is 0 Å². The number of hydrogen-bond donors (Lipinski definition) is 4. The summed E-state index contributed by atoms with van der Waals surface area (Å²) in [4.78, 5) is 22.1. The van der Waals surface area contributed by atoms with E-state index in [2.05, 4.69) is 35.0 Å². The van der Waals surface area contributed by atoms with Crippen LogP contribution in [0.5, 0.6) is 0 Å².